The molecular formula is C16H12N6O2S. The topological polar surface area (TPSA) is 120 Å². The Hall–Kier alpha value is -3.25. The first-order valence-electron chi connectivity index (χ1n) is 7.31. The lowest BCUT2D eigenvalue weighted by Gasteiger charge is -2.33. The summed E-state index contributed by atoms with van der Waals surface area (Å²) in [7, 11) is 1.58. The number of benzene rings is 1. The molecule has 25 heavy (non-hydrogen) atoms. The van der Waals surface area contributed by atoms with E-state index in [-0.39, 0.29) is 11.4 Å². The number of nitrogens with zero attached hydrogens (tertiary/aromatic N) is 4. The highest BCUT2D eigenvalue weighted by atomic mass is 32.2. The third kappa shape index (κ3) is 2.27. The number of ether oxygens (including phenoxy) is 1. The number of aliphatic imine (C=N–C) groups is 1. The van der Waals surface area contributed by atoms with Crippen LogP contribution in [0, 0.1) is 11.3 Å². The van der Waals surface area contributed by atoms with E-state index in [0.29, 0.717) is 27.2 Å². The van der Waals surface area contributed by atoms with Crippen molar-refractivity contribution in [3.8, 4) is 11.8 Å². The summed E-state index contributed by atoms with van der Waals surface area (Å²) in [5, 5.41) is 9.82. The van der Waals surface area contributed by atoms with Gasteiger partial charge >= 0.3 is 0 Å². The SMILES string of the molecule is COc1ccc(C2c3c(nc[nH]c3=O)N=C3SC(C#N)=C(N)N32)cc1. The Bertz CT molecular complexity index is 1020. The van der Waals surface area contributed by atoms with Crippen LogP contribution < -0.4 is 16.0 Å². The average Bonchev–Trinajstić information content (AvgIpc) is 2.96. The Kier molecular flexibility index (Phi) is 3.47. The lowest BCUT2D eigenvalue weighted by Crippen LogP contribution is -2.38. The zero-order valence-electron chi connectivity index (χ0n) is 13.1. The summed E-state index contributed by atoms with van der Waals surface area (Å²) >= 11 is 1.17. The molecule has 0 fully saturated rings. The van der Waals surface area contributed by atoms with Crippen molar-refractivity contribution in [2.24, 2.45) is 10.7 Å². The van der Waals surface area contributed by atoms with Crippen molar-refractivity contribution in [2.75, 3.05) is 7.11 Å². The lowest BCUT2D eigenvalue weighted by molar-refractivity contribution is 0.411. The van der Waals surface area contributed by atoms with Crippen LogP contribution in [-0.2, 0) is 0 Å². The van der Waals surface area contributed by atoms with Gasteiger partial charge in [-0.1, -0.05) is 12.1 Å². The van der Waals surface area contributed by atoms with E-state index in [2.05, 4.69) is 21.0 Å². The maximum absolute atomic E-state index is 12.5. The van der Waals surface area contributed by atoms with E-state index in [1.165, 1.54) is 18.1 Å². The molecule has 0 saturated heterocycles. The molecule has 1 aromatic heterocycles. The first kappa shape index (κ1) is 15.3. The second kappa shape index (κ2) is 5.68. The number of nitrogens with two attached hydrogens (primary N) is 1. The lowest BCUT2D eigenvalue weighted by atomic mass is 9.97. The number of nitrogens with one attached hydrogen (secondary N) is 1. The van der Waals surface area contributed by atoms with E-state index in [4.69, 9.17) is 10.5 Å². The molecule has 2 aromatic rings. The van der Waals surface area contributed by atoms with E-state index in [1.807, 2.05) is 12.1 Å². The number of rotatable bonds is 2. The van der Waals surface area contributed by atoms with E-state index in [1.54, 1.807) is 24.1 Å². The molecule has 4 rings (SSSR count). The summed E-state index contributed by atoms with van der Waals surface area (Å²) in [5.74, 6) is 1.31. The minimum absolute atomic E-state index is 0.279. The maximum atomic E-state index is 12.5. The van der Waals surface area contributed by atoms with Gasteiger partial charge in [-0.3, -0.25) is 9.69 Å². The Balaban J connectivity index is 1.95. The van der Waals surface area contributed by atoms with Gasteiger partial charge in [0.1, 0.15) is 22.5 Å². The van der Waals surface area contributed by atoms with Crippen molar-refractivity contribution < 1.29 is 4.74 Å². The Labute approximate surface area is 146 Å². The number of nitriles is 1. The first-order valence-corrected chi connectivity index (χ1v) is 8.13. The number of H-pyrrole nitrogens is 1. The van der Waals surface area contributed by atoms with Crippen molar-refractivity contribution in [1.29, 1.82) is 5.26 Å². The van der Waals surface area contributed by atoms with E-state index < -0.39 is 6.04 Å². The largest absolute Gasteiger partial charge is 0.497 e. The summed E-state index contributed by atoms with van der Waals surface area (Å²) < 4.78 is 5.19. The van der Waals surface area contributed by atoms with E-state index in [0.717, 1.165) is 5.56 Å². The van der Waals surface area contributed by atoms with Gasteiger partial charge in [0.05, 0.1) is 25.0 Å². The Morgan fingerprint density at radius 3 is 2.84 bits per heavy atom. The zero-order chi connectivity index (χ0) is 17.6. The molecule has 0 amide bonds. The zero-order valence-corrected chi connectivity index (χ0v) is 13.9. The number of amidine groups is 1. The van der Waals surface area contributed by atoms with Crippen LogP contribution in [0.1, 0.15) is 17.2 Å². The molecule has 2 aliphatic heterocycles. The second-order valence-corrected chi connectivity index (χ2v) is 6.31. The highest BCUT2D eigenvalue weighted by molar-refractivity contribution is 8.17. The molecule has 0 bridgehead atoms. The summed E-state index contributed by atoms with van der Waals surface area (Å²) in [6, 6.07) is 8.86. The van der Waals surface area contributed by atoms with E-state index >= 15 is 0 Å². The standard InChI is InChI=1S/C16H12N6O2S/c1-24-9-4-2-8(3-5-9)12-11-14(19-7-20-15(11)23)21-16-22(12)13(18)10(6-17)25-16/h2-5,7,12H,18H2,1H3,(H,19,20,23). The third-order valence-electron chi connectivity index (χ3n) is 4.03. The van der Waals surface area contributed by atoms with Crippen LogP contribution in [-0.4, -0.2) is 27.1 Å². The molecule has 3 heterocycles. The Morgan fingerprint density at radius 1 is 1.40 bits per heavy atom. The smallest absolute Gasteiger partial charge is 0.258 e. The molecule has 124 valence electrons. The monoisotopic (exact) mass is 352 g/mol. The molecule has 1 unspecified atom stereocenters. The number of fused-ring (bicyclic) bond motifs is 2. The first-order chi connectivity index (χ1) is 12.1. The number of hydrogen-bond donors (Lipinski definition) is 2. The molecule has 0 saturated carbocycles. The minimum atomic E-state index is -0.524. The average molecular weight is 352 g/mol. The number of aromatic amines is 1. The van der Waals surface area contributed by atoms with Crippen LogP contribution in [0.5, 0.6) is 5.75 Å². The van der Waals surface area contributed by atoms with Crippen molar-refractivity contribution >= 4 is 22.7 Å². The molecule has 9 heteroatoms. The van der Waals surface area contributed by atoms with Crippen LogP contribution in [0.4, 0.5) is 5.82 Å². The predicted molar refractivity (Wildman–Crippen MR) is 93.0 cm³/mol. The van der Waals surface area contributed by atoms with Gasteiger partial charge in [0.25, 0.3) is 5.56 Å². The number of aromatic nitrogens is 2. The van der Waals surface area contributed by atoms with Crippen molar-refractivity contribution in [2.45, 2.75) is 6.04 Å². The molecule has 3 N–H and O–H groups in total. The summed E-state index contributed by atoms with van der Waals surface area (Å²) in [4.78, 5) is 25.7. The summed E-state index contributed by atoms with van der Waals surface area (Å²) in [5.41, 5.74) is 7.07. The normalized spacial score (nSPS) is 18.3. The fourth-order valence-corrected chi connectivity index (χ4v) is 3.73. The highest BCUT2D eigenvalue weighted by Gasteiger charge is 2.41. The number of thioether (sulfide) groups is 1. The summed E-state index contributed by atoms with van der Waals surface area (Å²) in [6.45, 7) is 0. The maximum Gasteiger partial charge on any atom is 0.258 e. The van der Waals surface area contributed by atoms with Gasteiger partial charge in [-0.25, -0.2) is 9.98 Å². The van der Waals surface area contributed by atoms with Crippen LogP contribution in [0.15, 0.2) is 51.1 Å². The summed E-state index contributed by atoms with van der Waals surface area (Å²) in [6.07, 6.45) is 1.31. The van der Waals surface area contributed by atoms with Crippen molar-refractivity contribution in [1.82, 2.24) is 14.9 Å². The minimum Gasteiger partial charge on any atom is -0.497 e. The van der Waals surface area contributed by atoms with Gasteiger partial charge in [0.15, 0.2) is 11.0 Å². The molecule has 0 aliphatic carbocycles. The molecule has 2 aliphatic rings. The molecule has 0 spiro atoms. The molecule has 0 radical (unpaired) electrons. The van der Waals surface area contributed by atoms with Gasteiger partial charge in [0, 0.05) is 0 Å². The fraction of sp³-hybridized carbons (Fsp3) is 0.125. The van der Waals surface area contributed by atoms with Crippen molar-refractivity contribution in [3.05, 3.63) is 62.8 Å². The van der Waals surface area contributed by atoms with Gasteiger partial charge in [-0.15, -0.1) is 0 Å². The van der Waals surface area contributed by atoms with Crippen molar-refractivity contribution in [3.63, 3.8) is 0 Å². The van der Waals surface area contributed by atoms with Crippen LogP contribution >= 0.6 is 11.8 Å². The number of hydrogen-bond acceptors (Lipinski definition) is 8. The van der Waals surface area contributed by atoms with Crippen LogP contribution in [0.3, 0.4) is 0 Å². The highest BCUT2D eigenvalue weighted by Crippen LogP contribution is 2.45. The molecular weight excluding hydrogens is 340 g/mol. The van der Waals surface area contributed by atoms with Crippen LogP contribution in [0.25, 0.3) is 0 Å². The molecule has 1 aromatic carbocycles. The molecule has 8 nitrogen and oxygen atoms in total. The quantitative estimate of drug-likeness (QED) is 0.841. The van der Waals surface area contributed by atoms with Gasteiger partial charge < -0.3 is 15.5 Å². The number of allylic oxidation sites excluding steroid dienone is 1. The van der Waals surface area contributed by atoms with E-state index in [9.17, 15) is 10.1 Å². The second-order valence-electron chi connectivity index (χ2n) is 5.34. The molecule has 1 atom stereocenters. The fourth-order valence-electron chi connectivity index (χ4n) is 2.87. The third-order valence-corrected chi connectivity index (χ3v) is 5.00. The van der Waals surface area contributed by atoms with Gasteiger partial charge in [-0.2, -0.15) is 5.26 Å². The Morgan fingerprint density at radius 2 is 2.16 bits per heavy atom. The predicted octanol–water partition coefficient (Wildman–Crippen LogP) is 1.57. The van der Waals surface area contributed by atoms with Crippen LogP contribution in [0.2, 0.25) is 0 Å². The van der Waals surface area contributed by atoms with Gasteiger partial charge in [0.2, 0.25) is 0 Å². The van der Waals surface area contributed by atoms with Gasteiger partial charge in [-0.05, 0) is 29.5 Å². The number of methoxy groups -OCH3 is 1.